The Labute approximate surface area is 169 Å². The molecule has 0 radical (unpaired) electrons. The number of rotatable bonds is 3. The molecule has 2 aromatic heterocycles. The maximum absolute atomic E-state index is 13.9. The van der Waals surface area contributed by atoms with Crippen LogP contribution in [0.2, 0.25) is 0 Å². The summed E-state index contributed by atoms with van der Waals surface area (Å²) in [5.41, 5.74) is 2.84. The summed E-state index contributed by atoms with van der Waals surface area (Å²) in [6.07, 6.45) is 1.67. The molecule has 2 heterocycles. The van der Waals surface area contributed by atoms with E-state index < -0.39 is 0 Å². The van der Waals surface area contributed by atoms with Gasteiger partial charge in [0.2, 0.25) is 0 Å². The van der Waals surface area contributed by atoms with Crippen LogP contribution in [-0.2, 0) is 0 Å². The minimum Gasteiger partial charge on any atom is -0.454 e. The zero-order chi connectivity index (χ0) is 19.7. The first-order valence-electron chi connectivity index (χ1n) is 8.46. The Balaban J connectivity index is 2.00. The Morgan fingerprint density at radius 3 is 2.68 bits per heavy atom. The van der Waals surface area contributed by atoms with E-state index in [1.807, 2.05) is 25.1 Å². The Morgan fingerprint density at radius 2 is 1.93 bits per heavy atom. The largest absolute Gasteiger partial charge is 0.454 e. The number of hydrogen-bond donors (Lipinski definition) is 0. The molecule has 6 heteroatoms. The van der Waals surface area contributed by atoms with Crippen LogP contribution in [0.15, 0.2) is 65.3 Å². The molecule has 0 saturated heterocycles. The van der Waals surface area contributed by atoms with Gasteiger partial charge >= 0.3 is 0 Å². The summed E-state index contributed by atoms with van der Waals surface area (Å²) >= 11 is 3.45. The van der Waals surface area contributed by atoms with Crippen molar-refractivity contribution < 1.29 is 9.13 Å². The number of aromatic nitrogens is 2. The Kier molecular flexibility index (Phi) is 4.76. The van der Waals surface area contributed by atoms with Crippen molar-refractivity contribution in [1.29, 1.82) is 5.26 Å². The number of halogens is 2. The molecule has 0 aliphatic heterocycles. The second-order valence-electron chi connectivity index (χ2n) is 6.12. The van der Waals surface area contributed by atoms with Crippen molar-refractivity contribution in [3.8, 4) is 29.0 Å². The molecule has 136 valence electrons. The Hall–Kier alpha value is -3.30. The van der Waals surface area contributed by atoms with Crippen molar-refractivity contribution in [2.75, 3.05) is 0 Å². The number of nitrogens with zero attached hydrogens (tertiary/aromatic N) is 3. The lowest BCUT2D eigenvalue weighted by molar-refractivity contribution is 0.479. The second kappa shape index (κ2) is 7.37. The van der Waals surface area contributed by atoms with E-state index in [1.54, 1.807) is 30.5 Å². The average Bonchev–Trinajstić information content (AvgIpc) is 2.71. The summed E-state index contributed by atoms with van der Waals surface area (Å²) in [7, 11) is 0. The van der Waals surface area contributed by atoms with Gasteiger partial charge in [0.25, 0.3) is 0 Å². The van der Waals surface area contributed by atoms with E-state index in [0.29, 0.717) is 43.8 Å². The molecule has 4 nitrogen and oxygen atoms in total. The molecule has 0 N–H and O–H groups in total. The second-order valence-corrected chi connectivity index (χ2v) is 6.98. The molecule has 0 aliphatic carbocycles. The van der Waals surface area contributed by atoms with Crippen LogP contribution in [0.3, 0.4) is 0 Å². The van der Waals surface area contributed by atoms with Crippen molar-refractivity contribution in [1.82, 2.24) is 9.97 Å². The SMILES string of the molecule is Cc1c(-c2ccccn2)nc2cc(F)ccc2c1Oc1c(Br)cccc1C#N. The van der Waals surface area contributed by atoms with Gasteiger partial charge in [-0.15, -0.1) is 0 Å². The first-order valence-corrected chi connectivity index (χ1v) is 9.25. The summed E-state index contributed by atoms with van der Waals surface area (Å²) in [6, 6.07) is 17.3. The molecular weight excluding hydrogens is 421 g/mol. The lowest BCUT2D eigenvalue weighted by atomic mass is 10.1. The first kappa shape index (κ1) is 18.1. The van der Waals surface area contributed by atoms with Crippen LogP contribution in [-0.4, -0.2) is 9.97 Å². The summed E-state index contributed by atoms with van der Waals surface area (Å²) in [5, 5.41) is 10.1. The number of benzene rings is 2. The minimum atomic E-state index is -0.389. The molecule has 0 bridgehead atoms. The molecule has 0 atom stereocenters. The number of ether oxygens (including phenoxy) is 1. The van der Waals surface area contributed by atoms with Gasteiger partial charge in [0, 0.05) is 23.2 Å². The smallest absolute Gasteiger partial charge is 0.159 e. The monoisotopic (exact) mass is 433 g/mol. The van der Waals surface area contributed by atoms with Crippen LogP contribution in [0.25, 0.3) is 22.3 Å². The highest BCUT2D eigenvalue weighted by atomic mass is 79.9. The summed E-state index contributed by atoms with van der Waals surface area (Å²) < 4.78 is 20.7. The van der Waals surface area contributed by atoms with Gasteiger partial charge in [-0.25, -0.2) is 9.37 Å². The summed E-state index contributed by atoms with van der Waals surface area (Å²) in [5.74, 6) is 0.520. The van der Waals surface area contributed by atoms with Crippen LogP contribution < -0.4 is 4.74 Å². The standard InChI is InChI=1S/C22H13BrFN3O/c1-13-20(18-7-2-3-10-26-18)27-19-11-15(24)8-9-16(19)21(13)28-22-14(12-25)5-4-6-17(22)23/h2-11H,1H3. The van der Waals surface area contributed by atoms with E-state index in [4.69, 9.17) is 4.74 Å². The van der Waals surface area contributed by atoms with Crippen molar-refractivity contribution in [3.05, 3.63) is 82.2 Å². The van der Waals surface area contributed by atoms with Crippen molar-refractivity contribution in [2.24, 2.45) is 0 Å². The molecular formula is C22H13BrFN3O. The number of pyridine rings is 2. The first-order chi connectivity index (χ1) is 13.6. The topological polar surface area (TPSA) is 58.8 Å². The minimum absolute atomic E-state index is 0.389. The van der Waals surface area contributed by atoms with Gasteiger partial charge in [0.15, 0.2) is 5.75 Å². The molecule has 0 spiro atoms. The highest BCUT2D eigenvalue weighted by Gasteiger charge is 2.19. The van der Waals surface area contributed by atoms with Gasteiger partial charge in [-0.2, -0.15) is 5.26 Å². The van der Waals surface area contributed by atoms with Gasteiger partial charge in [-0.05, 0) is 59.3 Å². The predicted octanol–water partition coefficient (Wildman–Crippen LogP) is 6.17. The fourth-order valence-electron chi connectivity index (χ4n) is 2.99. The van der Waals surface area contributed by atoms with Crippen molar-refractivity contribution >= 4 is 26.8 Å². The van der Waals surface area contributed by atoms with Crippen molar-refractivity contribution in [2.45, 2.75) is 6.92 Å². The van der Waals surface area contributed by atoms with Crippen molar-refractivity contribution in [3.63, 3.8) is 0 Å². The number of hydrogen-bond acceptors (Lipinski definition) is 4. The van der Waals surface area contributed by atoms with E-state index in [-0.39, 0.29) is 5.82 Å². The Morgan fingerprint density at radius 1 is 1.07 bits per heavy atom. The van der Waals surface area contributed by atoms with Gasteiger partial charge in [0.05, 0.1) is 26.9 Å². The maximum atomic E-state index is 13.9. The van der Waals surface area contributed by atoms with Gasteiger partial charge < -0.3 is 4.74 Å². The molecule has 4 aromatic rings. The van der Waals surface area contributed by atoms with Gasteiger partial charge in [0.1, 0.15) is 17.6 Å². The summed E-state index contributed by atoms with van der Waals surface area (Å²) in [4.78, 5) is 8.98. The normalized spacial score (nSPS) is 10.6. The number of nitriles is 1. The third-order valence-electron chi connectivity index (χ3n) is 4.33. The predicted molar refractivity (Wildman–Crippen MR) is 109 cm³/mol. The van der Waals surface area contributed by atoms with Crippen LogP contribution >= 0.6 is 15.9 Å². The van der Waals surface area contributed by atoms with E-state index in [9.17, 15) is 9.65 Å². The third kappa shape index (κ3) is 3.21. The van der Waals surface area contributed by atoms with Gasteiger partial charge in [-0.1, -0.05) is 12.1 Å². The molecule has 0 aliphatic rings. The molecule has 28 heavy (non-hydrogen) atoms. The molecule has 0 amide bonds. The van der Waals surface area contributed by atoms with E-state index in [0.717, 1.165) is 5.56 Å². The van der Waals surface area contributed by atoms with Crippen LogP contribution in [0.5, 0.6) is 11.5 Å². The van der Waals surface area contributed by atoms with Crippen LogP contribution in [0.4, 0.5) is 4.39 Å². The van der Waals surface area contributed by atoms with Gasteiger partial charge in [-0.3, -0.25) is 4.98 Å². The fraction of sp³-hybridized carbons (Fsp3) is 0.0455. The molecule has 0 unspecified atom stereocenters. The lowest BCUT2D eigenvalue weighted by Crippen LogP contribution is -1.99. The highest BCUT2D eigenvalue weighted by molar-refractivity contribution is 9.10. The zero-order valence-corrected chi connectivity index (χ0v) is 16.4. The van der Waals surface area contributed by atoms with Crippen LogP contribution in [0, 0.1) is 24.1 Å². The molecule has 2 aromatic carbocycles. The average molecular weight is 434 g/mol. The fourth-order valence-corrected chi connectivity index (χ4v) is 3.44. The maximum Gasteiger partial charge on any atom is 0.159 e. The molecule has 4 rings (SSSR count). The highest BCUT2D eigenvalue weighted by Crippen LogP contribution is 2.40. The zero-order valence-electron chi connectivity index (χ0n) is 14.8. The number of para-hydroxylation sites is 1. The molecule has 0 saturated carbocycles. The third-order valence-corrected chi connectivity index (χ3v) is 4.96. The van der Waals surface area contributed by atoms with E-state index in [1.165, 1.54) is 12.1 Å². The van der Waals surface area contributed by atoms with E-state index >= 15 is 0 Å². The quantitative estimate of drug-likeness (QED) is 0.387. The van der Waals surface area contributed by atoms with Crippen LogP contribution in [0.1, 0.15) is 11.1 Å². The van der Waals surface area contributed by atoms with E-state index in [2.05, 4.69) is 32.0 Å². The summed E-state index contributed by atoms with van der Waals surface area (Å²) in [6.45, 7) is 1.87. The number of fused-ring (bicyclic) bond motifs is 1. The Bertz CT molecular complexity index is 1240. The lowest BCUT2D eigenvalue weighted by Gasteiger charge is -2.16. The molecule has 0 fully saturated rings.